The van der Waals surface area contributed by atoms with Gasteiger partial charge in [0.2, 0.25) is 11.8 Å². The summed E-state index contributed by atoms with van der Waals surface area (Å²) < 4.78 is 27.8. The van der Waals surface area contributed by atoms with Crippen molar-refractivity contribution in [1.82, 2.24) is 9.80 Å². The molecule has 0 unspecified atom stereocenters. The van der Waals surface area contributed by atoms with Crippen LogP contribution >= 0.6 is 0 Å². The number of benzene rings is 3. The summed E-state index contributed by atoms with van der Waals surface area (Å²) >= 11 is 0. The van der Waals surface area contributed by atoms with Crippen molar-refractivity contribution in [2.45, 2.75) is 37.1 Å². The van der Waals surface area contributed by atoms with Gasteiger partial charge in [0, 0.05) is 19.0 Å². The summed E-state index contributed by atoms with van der Waals surface area (Å²) in [6.45, 7) is 1.35. The summed E-state index contributed by atoms with van der Waals surface area (Å²) in [5, 5.41) is 10.9. The van der Waals surface area contributed by atoms with E-state index in [1.807, 2.05) is 36.4 Å². The Hall–Kier alpha value is -4.21. The Balaban J connectivity index is 1.86. The van der Waals surface area contributed by atoms with E-state index in [0.29, 0.717) is 16.5 Å². The summed E-state index contributed by atoms with van der Waals surface area (Å²) in [6, 6.07) is 17.1. The first-order valence-electron chi connectivity index (χ1n) is 12.4. The number of aliphatic hydroxyl groups is 1. The number of imide groups is 1. The smallest absolute Gasteiger partial charge is 0.263 e. The van der Waals surface area contributed by atoms with Crippen LogP contribution in [0.4, 0.5) is 8.78 Å². The summed E-state index contributed by atoms with van der Waals surface area (Å²) in [5.74, 6) is -5.55. The number of nitrogens with two attached hydrogens (primary N) is 1. The quantitative estimate of drug-likeness (QED) is 0.471. The predicted octanol–water partition coefficient (Wildman–Crippen LogP) is 3.62. The highest BCUT2D eigenvalue weighted by Gasteiger charge is 2.46. The second kappa shape index (κ2) is 11.7. The van der Waals surface area contributed by atoms with Gasteiger partial charge in [-0.3, -0.25) is 19.3 Å². The number of nitrogens with zero attached hydrogens (tertiary/aromatic N) is 2. The molecular weight excluding hydrogens is 504 g/mol. The van der Waals surface area contributed by atoms with Crippen molar-refractivity contribution in [2.75, 3.05) is 7.05 Å². The number of amides is 3. The zero-order valence-electron chi connectivity index (χ0n) is 21.4. The van der Waals surface area contributed by atoms with Crippen molar-refractivity contribution < 1.29 is 28.3 Å². The molecule has 0 aromatic heterocycles. The number of hydrogen-bond acceptors (Lipinski definition) is 5. The zero-order valence-corrected chi connectivity index (χ0v) is 21.4. The first-order valence-corrected chi connectivity index (χ1v) is 12.4. The fourth-order valence-electron chi connectivity index (χ4n) is 4.79. The Morgan fingerprint density at radius 3 is 1.97 bits per heavy atom. The van der Waals surface area contributed by atoms with E-state index >= 15 is 0 Å². The van der Waals surface area contributed by atoms with E-state index < -0.39 is 65.1 Å². The molecular formula is C30H29F2N3O4. The summed E-state index contributed by atoms with van der Waals surface area (Å²) in [4.78, 5) is 43.5. The Bertz CT molecular complexity index is 1360. The van der Waals surface area contributed by atoms with Crippen LogP contribution in [0.25, 0.3) is 0 Å². The molecule has 5 atom stereocenters. The number of aliphatic hydroxyl groups excluding tert-OH is 1. The van der Waals surface area contributed by atoms with Gasteiger partial charge in [0.15, 0.2) is 6.10 Å². The lowest BCUT2D eigenvalue weighted by Gasteiger charge is -2.37. The minimum atomic E-state index is -2.13. The number of halogens is 2. The Labute approximate surface area is 225 Å². The Kier molecular flexibility index (Phi) is 8.32. The molecule has 39 heavy (non-hydrogen) atoms. The zero-order chi connectivity index (χ0) is 28.3. The Morgan fingerprint density at radius 2 is 1.44 bits per heavy atom. The van der Waals surface area contributed by atoms with Gasteiger partial charge >= 0.3 is 0 Å². The monoisotopic (exact) mass is 533 g/mol. The van der Waals surface area contributed by atoms with Crippen molar-refractivity contribution in [2.24, 2.45) is 5.73 Å². The predicted molar refractivity (Wildman–Crippen MR) is 141 cm³/mol. The minimum absolute atomic E-state index is 0.400. The standard InChI is InChI=1S/C30H29F2N3O4/c1-18(33)28(37)35(30(39)27(36)21-15-22(31)17-23(32)16-21)26-24(19-9-5-3-6-10-19)13-14-25(34(2)29(26)38)20-11-7-4-8-12-20/h3-18,24-27,36H,33H2,1-2H3/t18-,24+,25-,26-,27+/m0/s1. The molecule has 4 rings (SSSR count). The van der Waals surface area contributed by atoms with Gasteiger partial charge in [-0.1, -0.05) is 72.8 Å². The third-order valence-electron chi connectivity index (χ3n) is 6.76. The van der Waals surface area contributed by atoms with Crippen LogP contribution in [0, 0.1) is 11.6 Å². The van der Waals surface area contributed by atoms with Gasteiger partial charge in [0.25, 0.3) is 5.91 Å². The minimum Gasteiger partial charge on any atom is -0.378 e. The molecule has 3 aromatic rings. The third kappa shape index (κ3) is 5.79. The maximum atomic E-state index is 14.2. The highest BCUT2D eigenvalue weighted by Crippen LogP contribution is 2.36. The van der Waals surface area contributed by atoms with Crippen LogP contribution in [0.15, 0.2) is 91.0 Å². The van der Waals surface area contributed by atoms with E-state index in [1.165, 1.54) is 11.8 Å². The first kappa shape index (κ1) is 27.8. The fraction of sp³-hybridized carbons (Fsp3) is 0.233. The van der Waals surface area contributed by atoms with Gasteiger partial charge in [-0.05, 0) is 35.7 Å². The number of carbonyl (C=O) groups is 3. The van der Waals surface area contributed by atoms with E-state index in [4.69, 9.17) is 5.73 Å². The highest BCUT2D eigenvalue weighted by atomic mass is 19.1. The molecule has 0 spiro atoms. The molecule has 0 fully saturated rings. The molecule has 3 aromatic carbocycles. The van der Waals surface area contributed by atoms with E-state index in [0.717, 1.165) is 17.7 Å². The third-order valence-corrected chi connectivity index (χ3v) is 6.76. The Morgan fingerprint density at radius 1 is 0.897 bits per heavy atom. The van der Waals surface area contributed by atoms with Crippen LogP contribution in [0.3, 0.4) is 0 Å². The molecule has 7 nitrogen and oxygen atoms in total. The lowest BCUT2D eigenvalue weighted by Crippen LogP contribution is -2.58. The molecule has 9 heteroatoms. The van der Waals surface area contributed by atoms with Crippen molar-refractivity contribution >= 4 is 17.7 Å². The van der Waals surface area contributed by atoms with Gasteiger partial charge in [-0.15, -0.1) is 0 Å². The van der Waals surface area contributed by atoms with Gasteiger partial charge < -0.3 is 15.7 Å². The molecule has 0 bridgehead atoms. The lowest BCUT2D eigenvalue weighted by atomic mass is 9.88. The largest absolute Gasteiger partial charge is 0.378 e. The topological polar surface area (TPSA) is 104 Å². The normalized spacial score (nSPS) is 20.7. The molecule has 0 saturated carbocycles. The van der Waals surface area contributed by atoms with Crippen LogP contribution < -0.4 is 5.73 Å². The lowest BCUT2D eigenvalue weighted by molar-refractivity contribution is -0.160. The molecule has 0 aliphatic carbocycles. The molecule has 3 amide bonds. The van der Waals surface area contributed by atoms with Crippen LogP contribution in [-0.4, -0.2) is 51.8 Å². The van der Waals surface area contributed by atoms with Crippen molar-refractivity contribution in [1.29, 1.82) is 0 Å². The summed E-state index contributed by atoms with van der Waals surface area (Å²) in [7, 11) is 1.56. The van der Waals surface area contributed by atoms with Crippen LogP contribution in [-0.2, 0) is 14.4 Å². The van der Waals surface area contributed by atoms with Crippen LogP contribution in [0.2, 0.25) is 0 Å². The van der Waals surface area contributed by atoms with Crippen molar-refractivity contribution in [3.05, 3.63) is 119 Å². The second-order valence-corrected chi connectivity index (χ2v) is 9.51. The molecule has 0 radical (unpaired) electrons. The van der Waals surface area contributed by atoms with E-state index in [1.54, 1.807) is 43.5 Å². The average Bonchev–Trinajstić information content (AvgIpc) is 3.05. The van der Waals surface area contributed by atoms with Gasteiger partial charge in [0.05, 0.1) is 12.1 Å². The van der Waals surface area contributed by atoms with E-state index in [-0.39, 0.29) is 0 Å². The van der Waals surface area contributed by atoms with E-state index in [2.05, 4.69) is 0 Å². The average molecular weight is 534 g/mol. The fourth-order valence-corrected chi connectivity index (χ4v) is 4.79. The SMILES string of the molecule is C[C@H](N)C(=O)N(C(=O)[C@H](O)c1cc(F)cc(F)c1)[C@@H]1C(=O)N(C)[C@H](c2ccccc2)C=C[C@@H]1c1ccccc1. The number of likely N-dealkylation sites (N-methyl/N-ethyl adjacent to an activating group) is 1. The van der Waals surface area contributed by atoms with Crippen LogP contribution in [0.5, 0.6) is 0 Å². The van der Waals surface area contributed by atoms with E-state index in [9.17, 15) is 28.3 Å². The summed E-state index contributed by atoms with van der Waals surface area (Å²) in [5.41, 5.74) is 6.95. The first-order chi connectivity index (χ1) is 18.6. The number of hydrogen-bond donors (Lipinski definition) is 2. The molecule has 3 N–H and O–H groups in total. The highest BCUT2D eigenvalue weighted by molar-refractivity contribution is 6.04. The maximum Gasteiger partial charge on any atom is 0.263 e. The summed E-state index contributed by atoms with van der Waals surface area (Å²) in [6.07, 6.45) is 1.44. The molecule has 0 saturated heterocycles. The van der Waals surface area contributed by atoms with Crippen LogP contribution in [0.1, 0.15) is 41.7 Å². The number of rotatable bonds is 6. The number of carbonyl (C=O) groups excluding carboxylic acids is 3. The molecule has 202 valence electrons. The molecule has 1 heterocycles. The van der Waals surface area contributed by atoms with Gasteiger partial charge in [-0.2, -0.15) is 0 Å². The van der Waals surface area contributed by atoms with Gasteiger partial charge in [0.1, 0.15) is 17.7 Å². The second-order valence-electron chi connectivity index (χ2n) is 9.51. The maximum absolute atomic E-state index is 14.2. The van der Waals surface area contributed by atoms with Crippen molar-refractivity contribution in [3.63, 3.8) is 0 Å². The molecule has 1 aliphatic heterocycles. The van der Waals surface area contributed by atoms with Crippen molar-refractivity contribution in [3.8, 4) is 0 Å². The molecule has 1 aliphatic rings. The van der Waals surface area contributed by atoms with Gasteiger partial charge in [-0.25, -0.2) is 8.78 Å².